The van der Waals surface area contributed by atoms with E-state index in [1.165, 1.54) is 16.8 Å². The van der Waals surface area contributed by atoms with Crippen molar-refractivity contribution in [1.82, 2.24) is 9.55 Å². The van der Waals surface area contributed by atoms with Crippen LogP contribution in [0.1, 0.15) is 16.7 Å². The molecule has 1 aromatic carbocycles. The van der Waals surface area contributed by atoms with Crippen molar-refractivity contribution in [1.29, 1.82) is 0 Å². The van der Waals surface area contributed by atoms with Crippen molar-refractivity contribution in [2.75, 3.05) is 0 Å². The Bertz CT molecular complexity index is 944. The maximum absolute atomic E-state index is 13.3. The van der Waals surface area contributed by atoms with Gasteiger partial charge in [0.2, 0.25) is 0 Å². The summed E-state index contributed by atoms with van der Waals surface area (Å²) < 4.78 is 41.1. The molecule has 0 aliphatic rings. The van der Waals surface area contributed by atoms with Crippen LogP contribution in [0.2, 0.25) is 0 Å². The molecular formula is C17H13F3N2O. The van der Waals surface area contributed by atoms with Gasteiger partial charge in [0.1, 0.15) is 5.82 Å². The second kappa shape index (κ2) is 5.22. The van der Waals surface area contributed by atoms with E-state index in [4.69, 9.17) is 0 Å². The Labute approximate surface area is 130 Å². The summed E-state index contributed by atoms with van der Waals surface area (Å²) in [4.78, 5) is 16.4. The molecule has 0 radical (unpaired) electrons. The minimum absolute atomic E-state index is 0.00847. The second-order valence-corrected chi connectivity index (χ2v) is 5.37. The standard InChI is InChI=1S/C17H13F3N2O/c1-10-7-12-13(17(18,19)20)9-16(23)22(14(12)8-11(10)2)15-5-3-4-6-21-15/h3-9H,1-2H3. The van der Waals surface area contributed by atoms with E-state index in [9.17, 15) is 18.0 Å². The van der Waals surface area contributed by atoms with Crippen molar-refractivity contribution in [2.24, 2.45) is 0 Å². The van der Waals surface area contributed by atoms with Crippen LogP contribution in [0.5, 0.6) is 0 Å². The van der Waals surface area contributed by atoms with E-state index in [2.05, 4.69) is 4.98 Å². The maximum Gasteiger partial charge on any atom is 0.417 e. The molecule has 3 nitrogen and oxygen atoms in total. The van der Waals surface area contributed by atoms with Gasteiger partial charge in [-0.15, -0.1) is 0 Å². The van der Waals surface area contributed by atoms with Crippen molar-refractivity contribution < 1.29 is 13.2 Å². The summed E-state index contributed by atoms with van der Waals surface area (Å²) in [6.45, 7) is 3.54. The molecule has 0 unspecified atom stereocenters. The molecule has 0 amide bonds. The zero-order chi connectivity index (χ0) is 16.8. The van der Waals surface area contributed by atoms with Crippen molar-refractivity contribution in [3.05, 3.63) is 69.6 Å². The second-order valence-electron chi connectivity index (χ2n) is 5.37. The van der Waals surface area contributed by atoms with Gasteiger partial charge >= 0.3 is 6.18 Å². The number of aryl methyl sites for hydroxylation is 2. The molecule has 0 N–H and O–H groups in total. The summed E-state index contributed by atoms with van der Waals surface area (Å²) in [6, 6.07) is 8.63. The van der Waals surface area contributed by atoms with Gasteiger partial charge in [-0.05, 0) is 49.2 Å². The number of benzene rings is 1. The van der Waals surface area contributed by atoms with Gasteiger partial charge in [-0.2, -0.15) is 13.2 Å². The van der Waals surface area contributed by atoms with Crippen molar-refractivity contribution in [3.63, 3.8) is 0 Å². The highest BCUT2D eigenvalue weighted by atomic mass is 19.4. The van der Waals surface area contributed by atoms with E-state index in [0.717, 1.165) is 11.1 Å². The maximum atomic E-state index is 13.3. The third-order valence-corrected chi connectivity index (χ3v) is 3.82. The topological polar surface area (TPSA) is 34.9 Å². The minimum atomic E-state index is -4.59. The number of fused-ring (bicyclic) bond motifs is 1. The number of hydrogen-bond acceptors (Lipinski definition) is 2. The smallest absolute Gasteiger partial charge is 0.269 e. The van der Waals surface area contributed by atoms with Gasteiger partial charge in [0.05, 0.1) is 11.1 Å². The van der Waals surface area contributed by atoms with Crippen LogP contribution in [0.25, 0.3) is 16.7 Å². The van der Waals surface area contributed by atoms with Crippen LogP contribution in [0, 0.1) is 13.8 Å². The Morgan fingerprint density at radius 2 is 1.74 bits per heavy atom. The Hall–Kier alpha value is -2.63. The van der Waals surface area contributed by atoms with Crippen LogP contribution in [0.4, 0.5) is 13.2 Å². The van der Waals surface area contributed by atoms with Crippen LogP contribution < -0.4 is 5.56 Å². The van der Waals surface area contributed by atoms with Gasteiger partial charge in [0.15, 0.2) is 0 Å². The summed E-state index contributed by atoms with van der Waals surface area (Å²) in [5, 5.41) is -0.00847. The molecular weight excluding hydrogens is 305 g/mol. The van der Waals surface area contributed by atoms with Crippen LogP contribution >= 0.6 is 0 Å². The number of rotatable bonds is 1. The molecule has 0 bridgehead atoms. The van der Waals surface area contributed by atoms with Crippen molar-refractivity contribution in [3.8, 4) is 5.82 Å². The van der Waals surface area contributed by atoms with Crippen LogP contribution in [-0.2, 0) is 6.18 Å². The fourth-order valence-electron chi connectivity index (χ4n) is 2.54. The molecule has 0 fully saturated rings. The lowest BCUT2D eigenvalue weighted by molar-refractivity contribution is -0.136. The fourth-order valence-corrected chi connectivity index (χ4v) is 2.54. The predicted molar refractivity (Wildman–Crippen MR) is 81.8 cm³/mol. The van der Waals surface area contributed by atoms with E-state index < -0.39 is 17.3 Å². The monoisotopic (exact) mass is 318 g/mol. The molecule has 2 heterocycles. The first-order chi connectivity index (χ1) is 10.8. The van der Waals surface area contributed by atoms with Crippen molar-refractivity contribution >= 4 is 10.9 Å². The predicted octanol–water partition coefficient (Wildman–Crippen LogP) is 4.02. The van der Waals surface area contributed by atoms with Gasteiger partial charge in [-0.3, -0.25) is 9.36 Å². The van der Waals surface area contributed by atoms with E-state index in [-0.39, 0.29) is 10.9 Å². The molecule has 3 aromatic rings. The zero-order valence-electron chi connectivity index (χ0n) is 12.5. The molecule has 0 saturated carbocycles. The Morgan fingerprint density at radius 1 is 1.04 bits per heavy atom. The van der Waals surface area contributed by atoms with Gasteiger partial charge in [-0.25, -0.2) is 4.98 Å². The molecule has 0 atom stereocenters. The molecule has 0 aliphatic heterocycles. The minimum Gasteiger partial charge on any atom is -0.269 e. The Kier molecular flexibility index (Phi) is 3.47. The fraction of sp³-hybridized carbons (Fsp3) is 0.176. The molecule has 0 spiro atoms. The van der Waals surface area contributed by atoms with E-state index in [1.54, 1.807) is 38.1 Å². The van der Waals surface area contributed by atoms with Crippen LogP contribution in [-0.4, -0.2) is 9.55 Å². The normalized spacial score (nSPS) is 11.9. The highest BCUT2D eigenvalue weighted by Gasteiger charge is 2.34. The summed E-state index contributed by atoms with van der Waals surface area (Å²) in [5.41, 5.74) is 0.0568. The highest BCUT2D eigenvalue weighted by Crippen LogP contribution is 2.35. The van der Waals surface area contributed by atoms with E-state index in [0.29, 0.717) is 11.9 Å². The number of pyridine rings is 2. The summed E-state index contributed by atoms with van der Waals surface area (Å²) in [7, 11) is 0. The molecule has 118 valence electrons. The highest BCUT2D eigenvalue weighted by molar-refractivity contribution is 5.86. The van der Waals surface area contributed by atoms with Gasteiger partial charge in [0, 0.05) is 17.6 Å². The lowest BCUT2D eigenvalue weighted by atomic mass is 10.0. The number of hydrogen-bond donors (Lipinski definition) is 0. The summed E-state index contributed by atoms with van der Waals surface area (Å²) >= 11 is 0. The summed E-state index contributed by atoms with van der Waals surface area (Å²) in [5.74, 6) is 0.291. The number of halogens is 3. The molecule has 0 aliphatic carbocycles. The number of alkyl halides is 3. The van der Waals surface area contributed by atoms with Crippen molar-refractivity contribution in [2.45, 2.75) is 20.0 Å². The van der Waals surface area contributed by atoms with Gasteiger partial charge in [-0.1, -0.05) is 6.07 Å². The number of aromatic nitrogens is 2. The third kappa shape index (κ3) is 2.60. The first-order valence-corrected chi connectivity index (χ1v) is 6.94. The number of nitrogens with zero attached hydrogens (tertiary/aromatic N) is 2. The molecule has 23 heavy (non-hydrogen) atoms. The molecule has 3 rings (SSSR count). The Morgan fingerprint density at radius 3 is 2.35 bits per heavy atom. The SMILES string of the molecule is Cc1cc2c(C(F)(F)F)cc(=O)n(-c3ccccn3)c2cc1C. The molecule has 6 heteroatoms. The third-order valence-electron chi connectivity index (χ3n) is 3.82. The zero-order valence-corrected chi connectivity index (χ0v) is 12.5. The van der Waals surface area contributed by atoms with Crippen LogP contribution in [0.15, 0.2) is 47.4 Å². The average Bonchev–Trinajstić information content (AvgIpc) is 2.48. The lowest BCUT2D eigenvalue weighted by Gasteiger charge is -2.16. The lowest BCUT2D eigenvalue weighted by Crippen LogP contribution is -2.22. The molecule has 2 aromatic heterocycles. The largest absolute Gasteiger partial charge is 0.417 e. The van der Waals surface area contributed by atoms with E-state index in [1.807, 2.05) is 0 Å². The van der Waals surface area contributed by atoms with Crippen LogP contribution in [0.3, 0.4) is 0 Å². The quantitative estimate of drug-likeness (QED) is 0.679. The van der Waals surface area contributed by atoms with Gasteiger partial charge in [0.25, 0.3) is 5.56 Å². The first-order valence-electron chi connectivity index (χ1n) is 6.94. The van der Waals surface area contributed by atoms with E-state index >= 15 is 0 Å². The average molecular weight is 318 g/mol. The molecule has 0 saturated heterocycles. The first kappa shape index (κ1) is 15.3. The summed E-state index contributed by atoms with van der Waals surface area (Å²) in [6.07, 6.45) is -3.10. The Balaban J connectivity index is 2.51. The van der Waals surface area contributed by atoms with Gasteiger partial charge < -0.3 is 0 Å².